The van der Waals surface area contributed by atoms with Gasteiger partial charge in [0, 0.05) is 32.9 Å². The van der Waals surface area contributed by atoms with Crippen LogP contribution < -0.4 is 10.2 Å². The van der Waals surface area contributed by atoms with E-state index in [1.807, 2.05) is 13.2 Å². The first-order valence-electron chi connectivity index (χ1n) is 8.93. The average Bonchev–Trinajstić information content (AvgIpc) is 2.94. The number of hydrogen-bond acceptors (Lipinski definition) is 7. The highest BCUT2D eigenvalue weighted by Gasteiger charge is 2.23. The summed E-state index contributed by atoms with van der Waals surface area (Å²) in [6.45, 7) is 6.54. The van der Waals surface area contributed by atoms with E-state index in [0.29, 0.717) is 6.54 Å². The van der Waals surface area contributed by atoms with Crippen LogP contribution in [-0.4, -0.2) is 50.0 Å². The van der Waals surface area contributed by atoms with Crippen molar-refractivity contribution < 1.29 is 4.74 Å². The lowest BCUT2D eigenvalue weighted by Crippen LogP contribution is -2.45. The summed E-state index contributed by atoms with van der Waals surface area (Å²) in [4.78, 5) is 15.6. The molecule has 1 aliphatic heterocycles. The Morgan fingerprint density at radius 2 is 1.96 bits per heavy atom. The number of aromatic nitrogens is 5. The first-order chi connectivity index (χ1) is 13.0. The zero-order valence-corrected chi connectivity index (χ0v) is 17.1. The van der Waals surface area contributed by atoms with Gasteiger partial charge in [-0.25, -0.2) is 19.6 Å². The number of ether oxygens (including phenoxy) is 1. The van der Waals surface area contributed by atoms with Gasteiger partial charge in [0.05, 0.1) is 17.6 Å². The summed E-state index contributed by atoms with van der Waals surface area (Å²) < 4.78 is 8.25. The summed E-state index contributed by atoms with van der Waals surface area (Å²) in [5, 5.41) is 8.58. The Morgan fingerprint density at radius 3 is 2.67 bits per heavy atom. The first-order valence-corrected chi connectivity index (χ1v) is 9.73. The number of anilines is 2. The van der Waals surface area contributed by atoms with Gasteiger partial charge in [-0.1, -0.05) is 6.07 Å². The average molecular weight is 432 g/mol. The Bertz CT molecular complexity index is 933. The lowest BCUT2D eigenvalue weighted by Gasteiger charge is -2.36. The molecular formula is C18H22BrN7O. The molecule has 3 aromatic heterocycles. The summed E-state index contributed by atoms with van der Waals surface area (Å²) >= 11 is 3.48. The molecular weight excluding hydrogens is 410 g/mol. The van der Waals surface area contributed by atoms with E-state index in [2.05, 4.69) is 72.2 Å². The third kappa shape index (κ3) is 3.74. The van der Waals surface area contributed by atoms with Crippen molar-refractivity contribution in [2.75, 3.05) is 23.3 Å². The minimum Gasteiger partial charge on any atom is -0.372 e. The summed E-state index contributed by atoms with van der Waals surface area (Å²) in [6.07, 6.45) is 3.88. The highest BCUT2D eigenvalue weighted by Crippen LogP contribution is 2.27. The first kappa shape index (κ1) is 18.1. The van der Waals surface area contributed by atoms with Crippen LogP contribution in [0.5, 0.6) is 0 Å². The number of hydrogen-bond donors (Lipinski definition) is 1. The standard InChI is InChI=1S/C18H22BrN7O/c1-11-8-26(9-12(2)27-11)14-5-4-13(6-20-14)7-21-17-15-16(19)24-25(3)18(15)23-10-22-17/h4-6,10-12H,7-9H2,1-3H3,(H,21,22,23). The van der Waals surface area contributed by atoms with Crippen molar-refractivity contribution in [3.63, 3.8) is 0 Å². The molecule has 0 amide bonds. The molecule has 1 aliphatic rings. The number of aryl methyl sites for hydroxylation is 1. The maximum absolute atomic E-state index is 5.79. The molecule has 0 bridgehead atoms. The molecule has 1 N–H and O–H groups in total. The molecule has 0 saturated carbocycles. The molecule has 4 heterocycles. The van der Waals surface area contributed by atoms with E-state index < -0.39 is 0 Å². The van der Waals surface area contributed by atoms with Gasteiger partial charge in [0.2, 0.25) is 0 Å². The van der Waals surface area contributed by atoms with Crippen LogP contribution in [0.2, 0.25) is 0 Å². The highest BCUT2D eigenvalue weighted by atomic mass is 79.9. The normalized spacial score (nSPS) is 20.2. The van der Waals surface area contributed by atoms with E-state index >= 15 is 0 Å². The Hall–Kier alpha value is -2.26. The number of nitrogens with zero attached hydrogens (tertiary/aromatic N) is 6. The second kappa shape index (κ2) is 7.40. The Kier molecular flexibility index (Phi) is 4.96. The van der Waals surface area contributed by atoms with Crippen LogP contribution in [-0.2, 0) is 18.3 Å². The molecule has 2 unspecified atom stereocenters. The zero-order chi connectivity index (χ0) is 19.0. The van der Waals surface area contributed by atoms with Crippen LogP contribution in [0.15, 0.2) is 29.3 Å². The van der Waals surface area contributed by atoms with Crippen molar-refractivity contribution in [1.29, 1.82) is 0 Å². The molecule has 0 aliphatic carbocycles. The minimum atomic E-state index is 0.218. The summed E-state index contributed by atoms with van der Waals surface area (Å²) in [7, 11) is 1.86. The molecule has 0 radical (unpaired) electrons. The van der Waals surface area contributed by atoms with Gasteiger partial charge in [0.15, 0.2) is 5.65 Å². The second-order valence-electron chi connectivity index (χ2n) is 6.88. The fraction of sp³-hybridized carbons (Fsp3) is 0.444. The number of rotatable bonds is 4. The van der Waals surface area contributed by atoms with Crippen LogP contribution in [0.1, 0.15) is 19.4 Å². The Balaban J connectivity index is 1.47. The van der Waals surface area contributed by atoms with E-state index in [9.17, 15) is 0 Å². The molecule has 3 aromatic rings. The van der Waals surface area contributed by atoms with Crippen molar-refractivity contribution in [3.05, 3.63) is 34.8 Å². The van der Waals surface area contributed by atoms with Gasteiger partial charge in [0.1, 0.15) is 22.6 Å². The Labute approximate surface area is 166 Å². The summed E-state index contributed by atoms with van der Waals surface area (Å²) in [6, 6.07) is 4.16. The predicted octanol–water partition coefficient (Wildman–Crippen LogP) is 2.75. The van der Waals surface area contributed by atoms with E-state index in [4.69, 9.17) is 4.74 Å². The maximum atomic E-state index is 5.79. The fourth-order valence-electron chi connectivity index (χ4n) is 3.43. The van der Waals surface area contributed by atoms with Crippen LogP contribution in [0.25, 0.3) is 11.0 Å². The molecule has 4 rings (SSSR count). The van der Waals surface area contributed by atoms with Crippen LogP contribution in [0, 0.1) is 0 Å². The molecule has 9 heteroatoms. The maximum Gasteiger partial charge on any atom is 0.164 e. The summed E-state index contributed by atoms with van der Waals surface area (Å²) in [5.41, 5.74) is 1.86. The quantitative estimate of drug-likeness (QED) is 0.679. The van der Waals surface area contributed by atoms with Crippen molar-refractivity contribution in [2.24, 2.45) is 7.05 Å². The highest BCUT2D eigenvalue weighted by molar-refractivity contribution is 9.10. The van der Waals surface area contributed by atoms with Gasteiger partial charge in [-0.15, -0.1) is 0 Å². The molecule has 1 saturated heterocycles. The lowest BCUT2D eigenvalue weighted by atomic mass is 10.2. The number of morpholine rings is 1. The molecule has 142 valence electrons. The topological polar surface area (TPSA) is 81.0 Å². The van der Waals surface area contributed by atoms with Gasteiger partial charge in [-0.3, -0.25) is 0 Å². The third-order valence-corrected chi connectivity index (χ3v) is 5.15. The van der Waals surface area contributed by atoms with E-state index in [1.54, 1.807) is 11.0 Å². The molecule has 27 heavy (non-hydrogen) atoms. The third-order valence-electron chi connectivity index (χ3n) is 4.59. The molecule has 0 spiro atoms. The van der Waals surface area contributed by atoms with Gasteiger partial charge < -0.3 is 15.0 Å². The SMILES string of the molecule is CC1CN(c2ccc(CNc3ncnc4c3c(Br)nn4C)cn2)CC(C)O1. The van der Waals surface area contributed by atoms with Crippen molar-refractivity contribution >= 4 is 38.6 Å². The van der Waals surface area contributed by atoms with Gasteiger partial charge in [-0.2, -0.15) is 5.10 Å². The van der Waals surface area contributed by atoms with E-state index in [-0.39, 0.29) is 12.2 Å². The van der Waals surface area contributed by atoms with E-state index in [1.165, 1.54) is 0 Å². The van der Waals surface area contributed by atoms with Crippen molar-refractivity contribution in [1.82, 2.24) is 24.7 Å². The van der Waals surface area contributed by atoms with Gasteiger partial charge >= 0.3 is 0 Å². The Morgan fingerprint density at radius 1 is 1.19 bits per heavy atom. The van der Waals surface area contributed by atoms with Gasteiger partial charge in [0.25, 0.3) is 0 Å². The zero-order valence-electron chi connectivity index (χ0n) is 15.6. The number of nitrogens with one attached hydrogen (secondary N) is 1. The smallest absolute Gasteiger partial charge is 0.164 e. The van der Waals surface area contributed by atoms with Crippen LogP contribution in [0.3, 0.4) is 0 Å². The predicted molar refractivity (Wildman–Crippen MR) is 108 cm³/mol. The van der Waals surface area contributed by atoms with Crippen LogP contribution >= 0.6 is 15.9 Å². The number of pyridine rings is 1. The largest absolute Gasteiger partial charge is 0.372 e. The van der Waals surface area contributed by atoms with Crippen molar-refractivity contribution in [3.8, 4) is 0 Å². The molecule has 0 aromatic carbocycles. The second-order valence-corrected chi connectivity index (χ2v) is 7.63. The lowest BCUT2D eigenvalue weighted by molar-refractivity contribution is -0.00545. The monoisotopic (exact) mass is 431 g/mol. The van der Waals surface area contributed by atoms with E-state index in [0.717, 1.165) is 45.9 Å². The fourth-order valence-corrected chi connectivity index (χ4v) is 4.04. The molecule has 8 nitrogen and oxygen atoms in total. The van der Waals surface area contributed by atoms with Crippen molar-refractivity contribution in [2.45, 2.75) is 32.6 Å². The minimum absolute atomic E-state index is 0.218. The number of halogens is 1. The number of fused-ring (bicyclic) bond motifs is 1. The molecule has 1 fully saturated rings. The summed E-state index contributed by atoms with van der Waals surface area (Å²) in [5.74, 6) is 1.74. The van der Waals surface area contributed by atoms with Crippen LogP contribution in [0.4, 0.5) is 11.6 Å². The van der Waals surface area contributed by atoms with Gasteiger partial charge in [-0.05, 0) is 41.4 Å². The molecule has 2 atom stereocenters.